The number of non-ortho nitro benzene ring substituents is 1. The van der Waals surface area contributed by atoms with Gasteiger partial charge >= 0.3 is 5.97 Å². The van der Waals surface area contributed by atoms with Crippen molar-refractivity contribution in [3.05, 3.63) is 82.1 Å². The van der Waals surface area contributed by atoms with Crippen LogP contribution in [0.25, 0.3) is 11.3 Å². The van der Waals surface area contributed by atoms with E-state index in [1.807, 2.05) is 0 Å². The molecule has 142 valence electrons. The number of ether oxygens (including phenoxy) is 1. The van der Waals surface area contributed by atoms with Gasteiger partial charge in [-0.2, -0.15) is 5.10 Å². The zero-order chi connectivity index (χ0) is 19.9. The number of hydrogen-bond donors (Lipinski definition) is 1. The Morgan fingerprint density at radius 2 is 1.86 bits per heavy atom. The highest BCUT2D eigenvalue weighted by Gasteiger charge is 2.08. The van der Waals surface area contributed by atoms with Crippen molar-refractivity contribution in [3.8, 4) is 11.3 Å². The fourth-order valence-corrected chi connectivity index (χ4v) is 2.39. The van der Waals surface area contributed by atoms with E-state index >= 15 is 0 Å². The fraction of sp³-hybridized carbons (Fsp3) is 0.100. The largest absolute Gasteiger partial charge is 0.462 e. The van der Waals surface area contributed by atoms with Crippen molar-refractivity contribution in [2.75, 3.05) is 12.0 Å². The summed E-state index contributed by atoms with van der Waals surface area (Å²) in [5.41, 5.74) is 4.70. The lowest BCUT2D eigenvalue weighted by Gasteiger charge is -2.02. The van der Waals surface area contributed by atoms with Crippen molar-refractivity contribution in [1.29, 1.82) is 0 Å². The standard InChI is InChI=1S/C20H17N3O5/c1-2-27-20(24)15-5-3-14(4-6-15)19-12-11-18(28-19)13-21-22-16-7-9-17(10-8-16)23(25)26/h3-13,22H,2H2,1H3/b21-13+. The Morgan fingerprint density at radius 3 is 2.50 bits per heavy atom. The van der Waals surface area contributed by atoms with Crippen LogP contribution in [-0.4, -0.2) is 23.7 Å². The third-order valence-corrected chi connectivity index (χ3v) is 3.77. The number of rotatable bonds is 7. The van der Waals surface area contributed by atoms with Crippen LogP contribution in [0.15, 0.2) is 70.2 Å². The van der Waals surface area contributed by atoms with Gasteiger partial charge in [0.15, 0.2) is 0 Å². The first-order valence-corrected chi connectivity index (χ1v) is 8.47. The van der Waals surface area contributed by atoms with Gasteiger partial charge in [0.2, 0.25) is 0 Å². The second kappa shape index (κ2) is 8.63. The van der Waals surface area contributed by atoms with E-state index in [9.17, 15) is 14.9 Å². The minimum atomic E-state index is -0.462. The highest BCUT2D eigenvalue weighted by molar-refractivity contribution is 5.90. The molecule has 2 aromatic carbocycles. The van der Waals surface area contributed by atoms with Crippen molar-refractivity contribution in [3.63, 3.8) is 0 Å². The minimum Gasteiger partial charge on any atom is -0.462 e. The molecule has 1 heterocycles. The fourth-order valence-electron chi connectivity index (χ4n) is 2.39. The van der Waals surface area contributed by atoms with E-state index in [2.05, 4.69) is 10.5 Å². The lowest BCUT2D eigenvalue weighted by molar-refractivity contribution is -0.384. The summed E-state index contributed by atoms with van der Waals surface area (Å²) in [6.45, 7) is 2.09. The zero-order valence-electron chi connectivity index (χ0n) is 15.0. The second-order valence-electron chi connectivity index (χ2n) is 5.67. The number of hydrazone groups is 1. The summed E-state index contributed by atoms with van der Waals surface area (Å²) in [6, 6.07) is 16.4. The minimum absolute atomic E-state index is 0.0131. The van der Waals surface area contributed by atoms with E-state index in [-0.39, 0.29) is 11.7 Å². The number of furan rings is 1. The molecule has 0 aliphatic heterocycles. The van der Waals surface area contributed by atoms with E-state index in [1.54, 1.807) is 55.5 Å². The summed E-state index contributed by atoms with van der Waals surface area (Å²) in [5.74, 6) is 0.796. The molecule has 0 saturated heterocycles. The van der Waals surface area contributed by atoms with Crippen LogP contribution in [0.5, 0.6) is 0 Å². The van der Waals surface area contributed by atoms with Gasteiger partial charge in [-0.1, -0.05) is 12.1 Å². The van der Waals surface area contributed by atoms with Gasteiger partial charge in [0.25, 0.3) is 5.69 Å². The lowest BCUT2D eigenvalue weighted by atomic mass is 10.1. The molecule has 0 unspecified atom stereocenters. The molecular weight excluding hydrogens is 362 g/mol. The van der Waals surface area contributed by atoms with Crippen molar-refractivity contribution in [2.24, 2.45) is 5.10 Å². The SMILES string of the molecule is CCOC(=O)c1ccc(-c2ccc(/C=N/Nc3ccc([N+](=O)[O-])cc3)o2)cc1. The van der Waals surface area contributed by atoms with Crippen LogP contribution in [0, 0.1) is 10.1 Å². The molecule has 0 radical (unpaired) electrons. The summed E-state index contributed by atoms with van der Waals surface area (Å²) in [6.07, 6.45) is 1.50. The molecule has 0 bridgehead atoms. The van der Waals surface area contributed by atoms with Crippen LogP contribution in [0.2, 0.25) is 0 Å². The van der Waals surface area contributed by atoms with Crippen molar-refractivity contribution in [2.45, 2.75) is 6.92 Å². The maximum atomic E-state index is 11.7. The number of benzene rings is 2. The third kappa shape index (κ3) is 4.61. The van der Waals surface area contributed by atoms with Crippen LogP contribution in [0.4, 0.5) is 11.4 Å². The summed E-state index contributed by atoms with van der Waals surface area (Å²) in [5, 5.41) is 14.7. The molecule has 8 heteroatoms. The molecule has 3 aromatic rings. The van der Waals surface area contributed by atoms with Crippen LogP contribution < -0.4 is 5.43 Å². The van der Waals surface area contributed by atoms with Gasteiger partial charge in [-0.05, 0) is 43.3 Å². The molecule has 1 N–H and O–H groups in total. The second-order valence-corrected chi connectivity index (χ2v) is 5.67. The van der Waals surface area contributed by atoms with E-state index in [1.165, 1.54) is 18.3 Å². The Bertz CT molecular complexity index is 991. The quantitative estimate of drug-likeness (QED) is 0.281. The number of carbonyl (C=O) groups excluding carboxylic acids is 1. The Balaban J connectivity index is 1.62. The molecule has 0 saturated carbocycles. The van der Waals surface area contributed by atoms with Gasteiger partial charge in [-0.15, -0.1) is 0 Å². The zero-order valence-corrected chi connectivity index (χ0v) is 15.0. The molecule has 1 aromatic heterocycles. The number of anilines is 1. The number of nitrogens with zero attached hydrogens (tertiary/aromatic N) is 2. The van der Waals surface area contributed by atoms with E-state index in [4.69, 9.17) is 9.15 Å². The Kier molecular flexibility index (Phi) is 5.81. The maximum Gasteiger partial charge on any atom is 0.338 e. The molecule has 0 aliphatic carbocycles. The topological polar surface area (TPSA) is 107 Å². The molecule has 28 heavy (non-hydrogen) atoms. The van der Waals surface area contributed by atoms with Gasteiger partial charge in [-0.25, -0.2) is 4.79 Å². The molecule has 0 fully saturated rings. The third-order valence-electron chi connectivity index (χ3n) is 3.77. The van der Waals surface area contributed by atoms with Gasteiger partial charge < -0.3 is 9.15 Å². The lowest BCUT2D eigenvalue weighted by Crippen LogP contribution is -2.03. The maximum absolute atomic E-state index is 11.7. The summed E-state index contributed by atoms with van der Waals surface area (Å²) >= 11 is 0. The molecule has 3 rings (SSSR count). The summed E-state index contributed by atoms with van der Waals surface area (Å²) in [4.78, 5) is 21.9. The normalized spacial score (nSPS) is 10.8. The van der Waals surface area contributed by atoms with E-state index in [0.29, 0.717) is 29.4 Å². The number of nitrogens with one attached hydrogen (secondary N) is 1. The molecule has 0 amide bonds. The Hall–Kier alpha value is -3.94. The Labute approximate surface area is 160 Å². The van der Waals surface area contributed by atoms with Crippen molar-refractivity contribution >= 4 is 23.6 Å². The summed E-state index contributed by atoms with van der Waals surface area (Å²) in [7, 11) is 0. The monoisotopic (exact) mass is 379 g/mol. The first-order chi connectivity index (χ1) is 13.6. The number of carbonyl (C=O) groups is 1. The number of esters is 1. The molecule has 0 aliphatic rings. The van der Waals surface area contributed by atoms with Crippen molar-refractivity contribution < 1.29 is 18.9 Å². The highest BCUT2D eigenvalue weighted by Crippen LogP contribution is 2.22. The van der Waals surface area contributed by atoms with Crippen LogP contribution in [-0.2, 0) is 4.74 Å². The molecular formula is C20H17N3O5. The molecule has 8 nitrogen and oxygen atoms in total. The average molecular weight is 379 g/mol. The highest BCUT2D eigenvalue weighted by atomic mass is 16.6. The van der Waals surface area contributed by atoms with E-state index in [0.717, 1.165) is 5.56 Å². The predicted molar refractivity (Wildman–Crippen MR) is 104 cm³/mol. The van der Waals surface area contributed by atoms with Gasteiger partial charge in [0.1, 0.15) is 11.5 Å². The molecule has 0 spiro atoms. The first kappa shape index (κ1) is 18.8. The average Bonchev–Trinajstić information content (AvgIpc) is 3.17. The van der Waals surface area contributed by atoms with Crippen LogP contribution in [0.1, 0.15) is 23.0 Å². The van der Waals surface area contributed by atoms with Gasteiger partial charge in [0, 0.05) is 17.7 Å². The molecule has 0 atom stereocenters. The smallest absolute Gasteiger partial charge is 0.338 e. The van der Waals surface area contributed by atoms with Crippen LogP contribution in [0.3, 0.4) is 0 Å². The summed E-state index contributed by atoms with van der Waals surface area (Å²) < 4.78 is 10.7. The Morgan fingerprint density at radius 1 is 1.14 bits per heavy atom. The van der Waals surface area contributed by atoms with Gasteiger partial charge in [-0.3, -0.25) is 15.5 Å². The number of hydrogen-bond acceptors (Lipinski definition) is 7. The number of nitro benzene ring substituents is 1. The van der Waals surface area contributed by atoms with Gasteiger partial charge in [0.05, 0.1) is 29.0 Å². The first-order valence-electron chi connectivity index (χ1n) is 8.47. The van der Waals surface area contributed by atoms with Crippen LogP contribution >= 0.6 is 0 Å². The number of nitro groups is 1. The van der Waals surface area contributed by atoms with E-state index < -0.39 is 4.92 Å². The van der Waals surface area contributed by atoms with Crippen molar-refractivity contribution in [1.82, 2.24) is 0 Å². The predicted octanol–water partition coefficient (Wildman–Crippen LogP) is 4.48.